The number of aliphatic hydroxyl groups excluding tert-OH is 2. The molecule has 0 amide bonds. The van der Waals surface area contributed by atoms with Gasteiger partial charge in [-0.3, -0.25) is 0 Å². The van der Waals surface area contributed by atoms with Crippen molar-refractivity contribution in [1.82, 2.24) is 0 Å². The van der Waals surface area contributed by atoms with Crippen LogP contribution in [-0.2, 0) is 4.74 Å². The van der Waals surface area contributed by atoms with E-state index >= 15 is 0 Å². The van der Waals surface area contributed by atoms with Gasteiger partial charge in [-0.2, -0.15) is 0 Å². The maximum absolute atomic E-state index is 12.7. The molecule has 1 unspecified atom stereocenters. The third-order valence-electron chi connectivity index (χ3n) is 1.73. The first-order valence-electron chi connectivity index (χ1n) is 3.44. The van der Waals surface area contributed by atoms with Crippen LogP contribution in [0, 0.1) is 0 Å². The molecular weight excluding hydrogens is 177 g/mol. The van der Waals surface area contributed by atoms with Crippen LogP contribution >= 0.6 is 0 Å². The zero-order valence-electron chi connectivity index (χ0n) is 6.03. The van der Waals surface area contributed by atoms with E-state index in [1.54, 1.807) is 0 Å². The minimum absolute atomic E-state index is 0.786. The zero-order chi connectivity index (χ0) is 9.30. The average Bonchev–Trinajstić information content (AvgIpc) is 2.08. The molecule has 1 aliphatic heterocycles. The van der Waals surface area contributed by atoms with E-state index < -0.39 is 37.5 Å². The van der Waals surface area contributed by atoms with Gasteiger partial charge in [0.15, 0.2) is 24.8 Å². The second-order valence-corrected chi connectivity index (χ2v) is 2.58. The molecule has 0 saturated carbocycles. The lowest BCUT2D eigenvalue weighted by molar-refractivity contribution is -0.246. The van der Waals surface area contributed by atoms with Crippen LogP contribution in [0.2, 0.25) is 0 Å². The number of alkyl halides is 3. The highest BCUT2D eigenvalue weighted by Gasteiger charge is 2.46. The molecule has 1 rings (SSSR count). The second kappa shape index (κ2) is 3.59. The van der Waals surface area contributed by atoms with Gasteiger partial charge in [-0.05, 0) is 0 Å². The predicted molar refractivity (Wildman–Crippen MR) is 32.7 cm³/mol. The Morgan fingerprint density at radius 2 is 1.67 bits per heavy atom. The Bertz CT molecular complexity index is 152. The van der Waals surface area contributed by atoms with Gasteiger partial charge in [0, 0.05) is 0 Å². The quantitative estimate of drug-likeness (QED) is 0.591. The van der Waals surface area contributed by atoms with Crippen LogP contribution in [0.15, 0.2) is 0 Å². The summed E-state index contributed by atoms with van der Waals surface area (Å²) in [6.45, 7) is -0.786. The first-order valence-corrected chi connectivity index (χ1v) is 3.44. The Morgan fingerprint density at radius 3 is 2.17 bits per heavy atom. The third kappa shape index (κ3) is 1.55. The van der Waals surface area contributed by atoms with Crippen LogP contribution in [-0.4, -0.2) is 47.7 Å². The molecule has 0 aromatic heterocycles. The van der Waals surface area contributed by atoms with Crippen LogP contribution in [0.25, 0.3) is 0 Å². The fourth-order valence-corrected chi connectivity index (χ4v) is 1.01. The molecule has 72 valence electrons. The second-order valence-electron chi connectivity index (χ2n) is 2.58. The van der Waals surface area contributed by atoms with Crippen LogP contribution in [0.5, 0.6) is 0 Å². The maximum atomic E-state index is 12.7. The highest BCUT2D eigenvalue weighted by molar-refractivity contribution is 4.89. The third-order valence-corrected chi connectivity index (χ3v) is 1.73. The highest BCUT2D eigenvalue weighted by atomic mass is 19.2. The summed E-state index contributed by atoms with van der Waals surface area (Å²) >= 11 is 0. The maximum Gasteiger partial charge on any atom is 0.189 e. The van der Waals surface area contributed by atoms with Gasteiger partial charge in [-0.15, -0.1) is 0 Å². The lowest BCUT2D eigenvalue weighted by Gasteiger charge is -2.33. The Kier molecular flexibility index (Phi) is 2.92. The van der Waals surface area contributed by atoms with Crippen LogP contribution < -0.4 is 0 Å². The van der Waals surface area contributed by atoms with Gasteiger partial charge < -0.3 is 14.9 Å². The number of hydrogen-bond acceptors (Lipinski definition) is 3. The van der Waals surface area contributed by atoms with Gasteiger partial charge >= 0.3 is 0 Å². The summed E-state index contributed by atoms with van der Waals surface area (Å²) in [7, 11) is 0. The van der Waals surface area contributed by atoms with Gasteiger partial charge in [0.25, 0.3) is 0 Å². The van der Waals surface area contributed by atoms with Gasteiger partial charge in [0.1, 0.15) is 6.10 Å². The van der Waals surface area contributed by atoms with Crippen molar-refractivity contribution in [2.75, 3.05) is 6.61 Å². The molecule has 1 fully saturated rings. The summed E-state index contributed by atoms with van der Waals surface area (Å²) in [4.78, 5) is 0. The molecule has 3 nitrogen and oxygen atoms in total. The molecule has 0 aromatic carbocycles. The Labute approximate surface area is 66.8 Å². The van der Waals surface area contributed by atoms with Crippen LogP contribution in [0.3, 0.4) is 0 Å². The summed E-state index contributed by atoms with van der Waals surface area (Å²) in [5.74, 6) is 0. The molecular formula is C6H9F3O3. The number of aliphatic hydroxyl groups is 2. The summed E-state index contributed by atoms with van der Waals surface area (Å²) in [5, 5.41) is 17.1. The van der Waals surface area contributed by atoms with Crippen molar-refractivity contribution in [3.63, 3.8) is 0 Å². The molecule has 6 heteroatoms. The molecule has 5 atom stereocenters. The molecule has 0 aliphatic carbocycles. The predicted octanol–water partition coefficient (Wildman–Crippen LogP) is -0.290. The number of halogens is 3. The minimum Gasteiger partial charge on any atom is -0.394 e. The zero-order valence-corrected chi connectivity index (χ0v) is 6.03. The van der Waals surface area contributed by atoms with Crippen molar-refractivity contribution in [3.05, 3.63) is 0 Å². The van der Waals surface area contributed by atoms with E-state index in [2.05, 4.69) is 4.74 Å². The van der Waals surface area contributed by atoms with Crippen molar-refractivity contribution in [2.24, 2.45) is 0 Å². The first-order chi connectivity index (χ1) is 5.57. The van der Waals surface area contributed by atoms with Crippen LogP contribution in [0.4, 0.5) is 13.2 Å². The fourth-order valence-electron chi connectivity index (χ4n) is 1.01. The van der Waals surface area contributed by atoms with Crippen molar-refractivity contribution in [1.29, 1.82) is 0 Å². The van der Waals surface area contributed by atoms with Crippen molar-refractivity contribution >= 4 is 0 Å². The molecule has 2 N–H and O–H groups in total. The van der Waals surface area contributed by atoms with Crippen molar-refractivity contribution in [2.45, 2.75) is 30.9 Å². The molecule has 0 radical (unpaired) electrons. The smallest absolute Gasteiger partial charge is 0.189 e. The molecule has 0 aromatic rings. The molecule has 1 heterocycles. The lowest BCUT2D eigenvalue weighted by atomic mass is 10.0. The minimum atomic E-state index is -2.44. The summed E-state index contributed by atoms with van der Waals surface area (Å²) < 4.78 is 41.9. The summed E-state index contributed by atoms with van der Waals surface area (Å²) in [5.41, 5.74) is 0. The van der Waals surface area contributed by atoms with Gasteiger partial charge in [-0.1, -0.05) is 0 Å². The average molecular weight is 186 g/mol. The van der Waals surface area contributed by atoms with E-state index in [0.29, 0.717) is 0 Å². The van der Waals surface area contributed by atoms with E-state index in [1.807, 2.05) is 0 Å². The monoisotopic (exact) mass is 186 g/mol. The SMILES string of the molecule is OC[C@H]1OC(O)[C@@H](F)[C@H](F)[C@@H]1F. The van der Waals surface area contributed by atoms with Gasteiger partial charge in [-0.25, -0.2) is 13.2 Å². The van der Waals surface area contributed by atoms with E-state index in [1.165, 1.54) is 0 Å². The lowest BCUT2D eigenvalue weighted by Crippen LogP contribution is -2.53. The molecule has 12 heavy (non-hydrogen) atoms. The van der Waals surface area contributed by atoms with E-state index in [-0.39, 0.29) is 0 Å². The molecule has 1 saturated heterocycles. The topological polar surface area (TPSA) is 49.7 Å². The Morgan fingerprint density at radius 1 is 1.08 bits per heavy atom. The van der Waals surface area contributed by atoms with E-state index in [9.17, 15) is 13.2 Å². The normalized spacial score (nSPS) is 49.2. The van der Waals surface area contributed by atoms with Crippen molar-refractivity contribution in [3.8, 4) is 0 Å². The largest absolute Gasteiger partial charge is 0.394 e. The number of rotatable bonds is 1. The number of hydrogen-bond donors (Lipinski definition) is 2. The molecule has 0 spiro atoms. The summed E-state index contributed by atoms with van der Waals surface area (Å²) in [6, 6.07) is 0. The molecule has 0 bridgehead atoms. The standard InChI is InChI=1S/C6H9F3O3/c7-3-2(1-10)12-6(11)5(9)4(3)8/h2-6,10-11H,1H2/t2-,3-,4-,5+,6?/m1/s1. The summed E-state index contributed by atoms with van der Waals surface area (Å²) in [6.07, 6.45) is -10.5. The van der Waals surface area contributed by atoms with Crippen molar-refractivity contribution < 1.29 is 28.1 Å². The highest BCUT2D eigenvalue weighted by Crippen LogP contribution is 2.26. The van der Waals surface area contributed by atoms with E-state index in [0.717, 1.165) is 0 Å². The number of ether oxygens (including phenoxy) is 1. The fraction of sp³-hybridized carbons (Fsp3) is 1.00. The van der Waals surface area contributed by atoms with Gasteiger partial charge in [0.05, 0.1) is 6.61 Å². The molecule has 1 aliphatic rings. The van der Waals surface area contributed by atoms with Gasteiger partial charge in [0.2, 0.25) is 0 Å². The Hall–Kier alpha value is -0.330. The van der Waals surface area contributed by atoms with E-state index in [4.69, 9.17) is 10.2 Å². The first kappa shape index (κ1) is 9.76. The Balaban J connectivity index is 2.63. The van der Waals surface area contributed by atoms with Crippen LogP contribution in [0.1, 0.15) is 0 Å².